The first-order valence-corrected chi connectivity index (χ1v) is 16.4. The minimum Gasteiger partial charge on any atom is -0.508 e. The Kier molecular flexibility index (Phi) is 8.79. The molecular weight excluding hydrogens is 628 g/mol. The predicted molar refractivity (Wildman–Crippen MR) is 185 cm³/mol. The van der Waals surface area contributed by atoms with Gasteiger partial charge < -0.3 is 19.3 Å². The predicted octanol–water partition coefficient (Wildman–Crippen LogP) is 5.66. The van der Waals surface area contributed by atoms with Crippen molar-refractivity contribution in [2.45, 2.75) is 19.0 Å². The summed E-state index contributed by atoms with van der Waals surface area (Å²) in [7, 11) is 3.64. The number of rotatable bonds is 7. The van der Waals surface area contributed by atoms with E-state index in [4.69, 9.17) is 16.3 Å². The van der Waals surface area contributed by atoms with Crippen molar-refractivity contribution in [1.82, 2.24) is 24.1 Å². The van der Waals surface area contributed by atoms with Crippen LogP contribution >= 0.6 is 11.6 Å². The van der Waals surface area contributed by atoms with Crippen LogP contribution < -0.4 is 4.90 Å². The van der Waals surface area contributed by atoms with Gasteiger partial charge in [-0.3, -0.25) is 24.1 Å². The van der Waals surface area contributed by atoms with E-state index in [1.807, 2.05) is 22.6 Å². The molecule has 2 aromatic heterocycles. The van der Waals surface area contributed by atoms with Crippen LogP contribution in [-0.2, 0) is 31.8 Å². The molecule has 0 aliphatic carbocycles. The lowest BCUT2D eigenvalue weighted by Gasteiger charge is -2.40. The molecule has 7 rings (SSSR count). The van der Waals surface area contributed by atoms with E-state index in [1.165, 1.54) is 17.7 Å². The number of benzene rings is 3. The number of anilines is 2. The number of phenols is 1. The monoisotopic (exact) mass is 664 g/mol. The summed E-state index contributed by atoms with van der Waals surface area (Å²) in [6, 6.07) is 21.9. The van der Waals surface area contributed by atoms with E-state index in [0.717, 1.165) is 31.6 Å². The largest absolute Gasteiger partial charge is 0.508 e. The Hall–Kier alpha value is -4.90. The molecule has 3 aromatic carbocycles. The van der Waals surface area contributed by atoms with Crippen molar-refractivity contribution in [3.8, 4) is 17.0 Å². The molecule has 1 N–H and O–H groups in total. The van der Waals surface area contributed by atoms with E-state index in [9.17, 15) is 14.7 Å². The maximum Gasteiger partial charge on any atom is 0.264 e. The third kappa shape index (κ3) is 6.34. The summed E-state index contributed by atoms with van der Waals surface area (Å²) in [6.07, 6.45) is 5.90. The summed E-state index contributed by atoms with van der Waals surface area (Å²) in [6.45, 7) is 4.34. The fourth-order valence-electron chi connectivity index (χ4n) is 6.73. The summed E-state index contributed by atoms with van der Waals surface area (Å²) in [5.41, 5.74) is 5.84. The first-order chi connectivity index (χ1) is 23.2. The van der Waals surface area contributed by atoms with Gasteiger partial charge in [-0.2, -0.15) is 5.10 Å². The Balaban J connectivity index is 1.24. The lowest BCUT2D eigenvalue weighted by molar-refractivity contribution is 0.0193. The van der Waals surface area contributed by atoms with Crippen molar-refractivity contribution in [2.75, 3.05) is 37.7 Å². The summed E-state index contributed by atoms with van der Waals surface area (Å²) in [4.78, 5) is 34.8. The number of fused-ring (bicyclic) bond motifs is 1. The fourth-order valence-corrected chi connectivity index (χ4v) is 6.90. The van der Waals surface area contributed by atoms with Gasteiger partial charge >= 0.3 is 0 Å². The van der Waals surface area contributed by atoms with Gasteiger partial charge in [-0.1, -0.05) is 35.9 Å². The standard InChI is InChI=1S/C37H37ClN6O4/c1-40-21-27(36(46)44(31-20-39-41(2)23-31)29-8-10-32(45)11-9-29)18-35(40)34-19-28(38)7-12-33(34)37(47)43-22-26-6-4-3-5-25(26)17-30(43)24-42-13-15-48-16-14-42/h3-12,18-21,23,30,45H,13-17,22,24H2,1-2H3/t30-/m0/s1. The molecule has 0 saturated carbocycles. The highest BCUT2D eigenvalue weighted by Gasteiger charge is 2.34. The SMILES string of the molecule is Cn1cc(N(C(=O)c2cc(-c3cc(Cl)ccc3C(=O)N3Cc4ccccc4C[C@H]3CN3CCOCC3)n(C)c2)c2ccc(O)cc2)cn1. The summed E-state index contributed by atoms with van der Waals surface area (Å²) in [5.74, 6) is -0.268. The zero-order valence-corrected chi connectivity index (χ0v) is 27.7. The number of carbonyl (C=O) groups excluding carboxylic acids is 2. The van der Waals surface area contributed by atoms with Crippen LogP contribution in [0.2, 0.25) is 5.02 Å². The number of hydrogen-bond acceptors (Lipinski definition) is 6. The van der Waals surface area contributed by atoms with E-state index in [1.54, 1.807) is 71.6 Å². The number of amides is 2. The summed E-state index contributed by atoms with van der Waals surface area (Å²) in [5, 5.41) is 14.7. The van der Waals surface area contributed by atoms with E-state index in [2.05, 4.69) is 28.2 Å². The van der Waals surface area contributed by atoms with Gasteiger partial charge in [-0.25, -0.2) is 0 Å². The highest BCUT2D eigenvalue weighted by atomic mass is 35.5. The molecular formula is C37H37ClN6O4. The van der Waals surface area contributed by atoms with E-state index in [-0.39, 0.29) is 23.6 Å². The number of aromatic nitrogens is 3. The Labute approximate surface area is 284 Å². The van der Waals surface area contributed by atoms with Gasteiger partial charge in [0.1, 0.15) is 5.75 Å². The number of nitrogens with zero attached hydrogens (tertiary/aromatic N) is 6. The third-order valence-electron chi connectivity index (χ3n) is 9.19. The molecule has 1 fully saturated rings. The molecule has 0 unspecified atom stereocenters. The van der Waals surface area contributed by atoms with Crippen LogP contribution in [0.1, 0.15) is 31.8 Å². The van der Waals surface area contributed by atoms with Gasteiger partial charge in [-0.05, 0) is 66.1 Å². The minimum atomic E-state index is -0.288. The first kappa shape index (κ1) is 31.7. The molecule has 246 valence electrons. The van der Waals surface area contributed by atoms with Gasteiger partial charge in [-0.15, -0.1) is 0 Å². The number of aryl methyl sites for hydroxylation is 2. The zero-order chi connectivity index (χ0) is 33.4. The van der Waals surface area contributed by atoms with Crippen LogP contribution in [0.15, 0.2) is 91.4 Å². The average molecular weight is 665 g/mol. The lowest BCUT2D eigenvalue weighted by atomic mass is 9.92. The van der Waals surface area contributed by atoms with Gasteiger partial charge in [0, 0.05) is 86.2 Å². The number of carbonyl (C=O) groups is 2. The van der Waals surface area contributed by atoms with Crippen molar-refractivity contribution < 1.29 is 19.4 Å². The van der Waals surface area contributed by atoms with Crippen LogP contribution in [-0.4, -0.2) is 80.0 Å². The zero-order valence-electron chi connectivity index (χ0n) is 26.9. The molecule has 48 heavy (non-hydrogen) atoms. The second kappa shape index (κ2) is 13.3. The van der Waals surface area contributed by atoms with Crippen LogP contribution in [0.5, 0.6) is 5.75 Å². The number of aromatic hydroxyl groups is 1. The summed E-state index contributed by atoms with van der Waals surface area (Å²) >= 11 is 6.57. The van der Waals surface area contributed by atoms with Crippen molar-refractivity contribution in [1.29, 1.82) is 0 Å². The molecule has 0 radical (unpaired) electrons. The van der Waals surface area contributed by atoms with Crippen LogP contribution in [0.25, 0.3) is 11.3 Å². The molecule has 2 aliphatic rings. The second-order valence-corrected chi connectivity index (χ2v) is 12.9. The van der Waals surface area contributed by atoms with Gasteiger partial charge in [0.15, 0.2) is 0 Å². The van der Waals surface area contributed by atoms with Crippen LogP contribution in [0.3, 0.4) is 0 Å². The van der Waals surface area contributed by atoms with Crippen LogP contribution in [0.4, 0.5) is 11.4 Å². The number of ether oxygens (including phenoxy) is 1. The van der Waals surface area contributed by atoms with E-state index in [0.29, 0.717) is 58.5 Å². The number of hydrogen-bond donors (Lipinski definition) is 1. The quantitative estimate of drug-likeness (QED) is 0.241. The van der Waals surface area contributed by atoms with Crippen LogP contribution in [0, 0.1) is 0 Å². The lowest BCUT2D eigenvalue weighted by Crippen LogP contribution is -2.52. The third-order valence-corrected chi connectivity index (χ3v) is 9.42. The van der Waals surface area contributed by atoms with E-state index < -0.39 is 0 Å². The number of phenolic OH excluding ortho intramolecular Hbond substituents is 1. The Morgan fingerprint density at radius 2 is 1.71 bits per heavy atom. The smallest absolute Gasteiger partial charge is 0.264 e. The first-order valence-electron chi connectivity index (χ1n) is 16.0. The maximum atomic E-state index is 14.7. The molecule has 0 bridgehead atoms. The molecule has 5 aromatic rings. The Morgan fingerprint density at radius 3 is 2.44 bits per heavy atom. The Morgan fingerprint density at radius 1 is 0.958 bits per heavy atom. The highest BCUT2D eigenvalue weighted by molar-refractivity contribution is 6.31. The molecule has 4 heterocycles. The fraction of sp³-hybridized carbons (Fsp3) is 0.270. The van der Waals surface area contributed by atoms with Gasteiger partial charge in [0.05, 0.1) is 30.7 Å². The molecule has 10 nitrogen and oxygen atoms in total. The number of halogens is 1. The van der Waals surface area contributed by atoms with Gasteiger partial charge in [0.25, 0.3) is 11.8 Å². The average Bonchev–Trinajstić information content (AvgIpc) is 3.70. The maximum absolute atomic E-state index is 14.7. The van der Waals surface area contributed by atoms with Crippen molar-refractivity contribution in [3.63, 3.8) is 0 Å². The summed E-state index contributed by atoms with van der Waals surface area (Å²) < 4.78 is 9.07. The molecule has 0 spiro atoms. The second-order valence-electron chi connectivity index (χ2n) is 12.4. The highest BCUT2D eigenvalue weighted by Crippen LogP contribution is 2.34. The molecule has 2 amide bonds. The van der Waals surface area contributed by atoms with Crippen molar-refractivity contribution in [2.24, 2.45) is 14.1 Å². The van der Waals surface area contributed by atoms with E-state index >= 15 is 0 Å². The topological polar surface area (TPSA) is 96.1 Å². The number of morpholine rings is 1. The molecule has 11 heteroatoms. The molecule has 2 aliphatic heterocycles. The van der Waals surface area contributed by atoms with Crippen molar-refractivity contribution >= 4 is 34.8 Å². The van der Waals surface area contributed by atoms with Crippen molar-refractivity contribution in [3.05, 3.63) is 119 Å². The van der Waals surface area contributed by atoms with Gasteiger partial charge in [0.2, 0.25) is 0 Å². The Bertz CT molecular complexity index is 1960. The minimum absolute atomic E-state index is 0.0158. The normalized spacial score (nSPS) is 16.5. The molecule has 1 atom stereocenters. The molecule has 1 saturated heterocycles.